The lowest BCUT2D eigenvalue weighted by molar-refractivity contribution is 0.127. The molecule has 6 nitrogen and oxygen atoms in total. The Morgan fingerprint density at radius 2 is 2.00 bits per heavy atom. The van der Waals surface area contributed by atoms with Crippen molar-refractivity contribution < 1.29 is 14.6 Å². The van der Waals surface area contributed by atoms with E-state index in [1.807, 2.05) is 0 Å². The van der Waals surface area contributed by atoms with Crippen molar-refractivity contribution in [2.24, 2.45) is 10.4 Å². The Hall–Kier alpha value is -1.79. The zero-order valence-electron chi connectivity index (χ0n) is 17.8. The van der Waals surface area contributed by atoms with Gasteiger partial charge in [-0.05, 0) is 63.1 Å². The molecule has 0 spiro atoms. The number of nitrogens with one attached hydrogen (secondary N) is 2. The van der Waals surface area contributed by atoms with Gasteiger partial charge in [0.2, 0.25) is 0 Å². The molecule has 3 rings (SSSR count). The fourth-order valence-electron chi connectivity index (χ4n) is 4.14. The number of hydrogen-bond acceptors (Lipinski definition) is 4. The second kappa shape index (κ2) is 11.4. The van der Waals surface area contributed by atoms with Crippen LogP contribution in [0.2, 0.25) is 0 Å². The number of aliphatic hydroxyl groups excluding tert-OH is 1. The summed E-state index contributed by atoms with van der Waals surface area (Å²) in [5.41, 5.74) is 1.16. The molecule has 1 heterocycles. The molecule has 162 valence electrons. The summed E-state index contributed by atoms with van der Waals surface area (Å²) in [4.78, 5) is 4.73. The van der Waals surface area contributed by atoms with Gasteiger partial charge in [0.25, 0.3) is 0 Å². The quantitative estimate of drug-likeness (QED) is 0.436. The van der Waals surface area contributed by atoms with E-state index in [1.165, 1.54) is 32.1 Å². The van der Waals surface area contributed by atoms with E-state index >= 15 is 0 Å². The maximum atomic E-state index is 9.40. The minimum Gasteiger partial charge on any atom is -0.490 e. The summed E-state index contributed by atoms with van der Waals surface area (Å²) in [5.74, 6) is 1.76. The van der Waals surface area contributed by atoms with Crippen molar-refractivity contribution in [3.05, 3.63) is 29.8 Å². The zero-order chi connectivity index (χ0) is 20.4. The predicted octanol–water partition coefficient (Wildman–Crippen LogP) is 3.24. The lowest BCUT2D eigenvalue weighted by Crippen LogP contribution is -2.44. The number of aliphatic hydroxyl groups is 1. The molecule has 6 heteroatoms. The standard InChI is InChI=1S/C23H37N3O3/c1-2-24-22(26-17-23(12-14-27)13-15-28-18-23)25-16-19-8-10-21(11-9-19)29-20-6-4-3-5-7-20/h8-11,20,27H,2-7,12-18H2,1H3,(H2,24,25,26). The van der Waals surface area contributed by atoms with Crippen LogP contribution < -0.4 is 15.4 Å². The molecular formula is C23H37N3O3. The number of hydrogen-bond donors (Lipinski definition) is 3. The Labute approximate surface area is 175 Å². The molecule has 29 heavy (non-hydrogen) atoms. The van der Waals surface area contributed by atoms with Crippen molar-refractivity contribution in [3.8, 4) is 5.75 Å². The van der Waals surface area contributed by atoms with Crippen molar-refractivity contribution in [2.45, 2.75) is 64.5 Å². The van der Waals surface area contributed by atoms with Gasteiger partial charge in [-0.15, -0.1) is 0 Å². The van der Waals surface area contributed by atoms with Crippen LogP contribution >= 0.6 is 0 Å². The normalized spacial score (nSPS) is 23.2. The highest BCUT2D eigenvalue weighted by atomic mass is 16.5. The van der Waals surface area contributed by atoms with E-state index in [4.69, 9.17) is 14.5 Å². The third-order valence-electron chi connectivity index (χ3n) is 6.00. The van der Waals surface area contributed by atoms with Crippen molar-refractivity contribution in [1.29, 1.82) is 0 Å². The van der Waals surface area contributed by atoms with E-state index in [9.17, 15) is 5.11 Å². The Morgan fingerprint density at radius 1 is 1.21 bits per heavy atom. The minimum absolute atomic E-state index is 0.00302. The monoisotopic (exact) mass is 403 g/mol. The Bertz CT molecular complexity index is 621. The van der Waals surface area contributed by atoms with Crippen LogP contribution in [0.5, 0.6) is 5.75 Å². The topological polar surface area (TPSA) is 75.1 Å². The fraction of sp³-hybridized carbons (Fsp3) is 0.696. The third kappa shape index (κ3) is 6.89. The summed E-state index contributed by atoms with van der Waals surface area (Å²) in [6.45, 7) is 5.90. The molecule has 1 atom stereocenters. The molecular weight excluding hydrogens is 366 g/mol. The van der Waals surface area contributed by atoms with Gasteiger partial charge < -0.3 is 25.2 Å². The summed E-state index contributed by atoms with van der Waals surface area (Å²) in [6.07, 6.45) is 8.35. The molecule has 1 aliphatic heterocycles. The summed E-state index contributed by atoms with van der Waals surface area (Å²) in [6, 6.07) is 8.32. The van der Waals surface area contributed by atoms with Gasteiger partial charge in [-0.25, -0.2) is 4.99 Å². The predicted molar refractivity (Wildman–Crippen MR) is 116 cm³/mol. The number of benzene rings is 1. The first kappa shape index (κ1) is 21.9. The van der Waals surface area contributed by atoms with Crippen LogP contribution in [0.1, 0.15) is 57.4 Å². The van der Waals surface area contributed by atoms with Crippen molar-refractivity contribution in [1.82, 2.24) is 10.6 Å². The first-order valence-electron chi connectivity index (χ1n) is 11.2. The molecule has 1 aromatic rings. The van der Waals surface area contributed by atoms with E-state index in [0.717, 1.165) is 49.8 Å². The summed E-state index contributed by atoms with van der Waals surface area (Å²) >= 11 is 0. The minimum atomic E-state index is 0.00302. The van der Waals surface area contributed by atoms with E-state index in [2.05, 4.69) is 41.8 Å². The first-order chi connectivity index (χ1) is 14.2. The molecule has 0 radical (unpaired) electrons. The highest BCUT2D eigenvalue weighted by molar-refractivity contribution is 5.79. The molecule has 0 amide bonds. The van der Waals surface area contributed by atoms with Crippen LogP contribution in [0.15, 0.2) is 29.3 Å². The number of ether oxygens (including phenoxy) is 2. The maximum Gasteiger partial charge on any atom is 0.191 e. The van der Waals surface area contributed by atoms with Crippen LogP contribution in [0.4, 0.5) is 0 Å². The van der Waals surface area contributed by atoms with Crippen molar-refractivity contribution in [3.63, 3.8) is 0 Å². The zero-order valence-corrected chi connectivity index (χ0v) is 17.8. The van der Waals surface area contributed by atoms with Gasteiger partial charge in [-0.3, -0.25) is 0 Å². The Kier molecular flexibility index (Phi) is 8.62. The van der Waals surface area contributed by atoms with Gasteiger partial charge in [-0.2, -0.15) is 0 Å². The van der Waals surface area contributed by atoms with Crippen LogP contribution in [0.25, 0.3) is 0 Å². The van der Waals surface area contributed by atoms with Crippen LogP contribution in [-0.2, 0) is 11.3 Å². The second-order valence-corrected chi connectivity index (χ2v) is 8.35. The Morgan fingerprint density at radius 3 is 2.66 bits per heavy atom. The number of rotatable bonds is 9. The highest BCUT2D eigenvalue weighted by Crippen LogP contribution is 2.31. The number of guanidine groups is 1. The van der Waals surface area contributed by atoms with Gasteiger partial charge in [0.1, 0.15) is 5.75 Å². The molecule has 2 aliphatic rings. The first-order valence-corrected chi connectivity index (χ1v) is 11.2. The molecule has 0 aromatic heterocycles. The molecule has 1 saturated heterocycles. The molecule has 2 fully saturated rings. The summed E-state index contributed by atoms with van der Waals surface area (Å²) < 4.78 is 11.7. The second-order valence-electron chi connectivity index (χ2n) is 8.35. The van der Waals surface area contributed by atoms with Crippen LogP contribution in [-0.4, -0.2) is 50.1 Å². The number of aliphatic imine (C=N–C) groups is 1. The average Bonchev–Trinajstić information content (AvgIpc) is 3.21. The van der Waals surface area contributed by atoms with Gasteiger partial charge in [0.05, 0.1) is 19.3 Å². The third-order valence-corrected chi connectivity index (χ3v) is 6.00. The smallest absolute Gasteiger partial charge is 0.191 e. The molecule has 1 unspecified atom stereocenters. The number of nitrogens with zero attached hydrogens (tertiary/aromatic N) is 1. The molecule has 3 N–H and O–H groups in total. The van der Waals surface area contributed by atoms with Gasteiger partial charge in [0, 0.05) is 31.7 Å². The van der Waals surface area contributed by atoms with E-state index in [0.29, 0.717) is 19.3 Å². The summed E-state index contributed by atoms with van der Waals surface area (Å²) in [7, 11) is 0. The van der Waals surface area contributed by atoms with Gasteiger partial charge in [-0.1, -0.05) is 18.6 Å². The fourth-order valence-corrected chi connectivity index (χ4v) is 4.14. The SMILES string of the molecule is CCNC(=NCc1ccc(OC2CCCCC2)cc1)NCC1(CCO)CCOC1. The molecule has 1 aromatic carbocycles. The highest BCUT2D eigenvalue weighted by Gasteiger charge is 2.34. The molecule has 1 saturated carbocycles. The van der Waals surface area contributed by atoms with Gasteiger partial charge in [0.15, 0.2) is 5.96 Å². The van der Waals surface area contributed by atoms with Crippen molar-refractivity contribution in [2.75, 3.05) is 32.9 Å². The van der Waals surface area contributed by atoms with Crippen LogP contribution in [0, 0.1) is 5.41 Å². The molecule has 1 aliphatic carbocycles. The average molecular weight is 404 g/mol. The van der Waals surface area contributed by atoms with E-state index < -0.39 is 0 Å². The van der Waals surface area contributed by atoms with Gasteiger partial charge >= 0.3 is 0 Å². The lowest BCUT2D eigenvalue weighted by atomic mass is 9.84. The van der Waals surface area contributed by atoms with E-state index in [-0.39, 0.29) is 12.0 Å². The van der Waals surface area contributed by atoms with E-state index in [1.54, 1.807) is 0 Å². The maximum absolute atomic E-state index is 9.40. The van der Waals surface area contributed by atoms with Crippen LogP contribution in [0.3, 0.4) is 0 Å². The lowest BCUT2D eigenvalue weighted by Gasteiger charge is -2.27. The van der Waals surface area contributed by atoms with Crippen molar-refractivity contribution >= 4 is 5.96 Å². The molecule has 0 bridgehead atoms. The Balaban J connectivity index is 1.52. The largest absolute Gasteiger partial charge is 0.490 e. The summed E-state index contributed by atoms with van der Waals surface area (Å²) in [5, 5.41) is 16.2.